The Kier molecular flexibility index (Phi) is 6.61. The molecule has 2 bridgehead atoms. The highest BCUT2D eigenvalue weighted by atomic mass is 35.5. The van der Waals surface area contributed by atoms with Gasteiger partial charge in [0.05, 0.1) is 15.6 Å². The summed E-state index contributed by atoms with van der Waals surface area (Å²) in [6.45, 7) is 5.59. The largest absolute Gasteiger partial charge is 0.354 e. The molecule has 0 spiro atoms. The van der Waals surface area contributed by atoms with Gasteiger partial charge in [-0.2, -0.15) is 0 Å². The lowest BCUT2D eigenvalue weighted by molar-refractivity contribution is -0.130. The minimum Gasteiger partial charge on any atom is -0.354 e. The van der Waals surface area contributed by atoms with Crippen LogP contribution < -0.4 is 10.6 Å². The predicted molar refractivity (Wildman–Crippen MR) is 125 cm³/mol. The fraction of sp³-hybridized carbons (Fsp3) is 0.600. The molecule has 0 saturated heterocycles. The van der Waals surface area contributed by atoms with Crippen LogP contribution in [0.25, 0.3) is 0 Å². The topological polar surface area (TPSA) is 58.2 Å². The molecule has 4 aliphatic rings. The van der Waals surface area contributed by atoms with Crippen molar-refractivity contribution < 1.29 is 14.0 Å². The summed E-state index contributed by atoms with van der Waals surface area (Å²) in [6, 6.07) is 2.75. The van der Waals surface area contributed by atoms with Gasteiger partial charge in [-0.15, -0.1) is 6.58 Å². The van der Waals surface area contributed by atoms with Gasteiger partial charge in [0.25, 0.3) is 0 Å². The molecule has 4 saturated carbocycles. The van der Waals surface area contributed by atoms with Gasteiger partial charge in [0.1, 0.15) is 5.82 Å². The van der Waals surface area contributed by atoms with Crippen LogP contribution in [0.5, 0.6) is 0 Å². The first kappa shape index (κ1) is 23.6. The van der Waals surface area contributed by atoms with Gasteiger partial charge in [0.15, 0.2) is 0 Å². The molecule has 32 heavy (non-hydrogen) atoms. The van der Waals surface area contributed by atoms with Gasteiger partial charge in [-0.05, 0) is 75.8 Å². The van der Waals surface area contributed by atoms with E-state index in [4.69, 9.17) is 23.2 Å². The van der Waals surface area contributed by atoms with E-state index >= 15 is 4.39 Å². The van der Waals surface area contributed by atoms with Crippen molar-refractivity contribution in [2.24, 2.45) is 17.3 Å². The maximum Gasteiger partial charge on any atom is 0.224 e. The average Bonchev–Trinajstić information content (AvgIpc) is 3.25. The third kappa shape index (κ3) is 3.96. The van der Waals surface area contributed by atoms with Gasteiger partial charge < -0.3 is 10.6 Å². The Balaban J connectivity index is 1.74. The Morgan fingerprint density at radius 2 is 1.81 bits per heavy atom. The zero-order valence-corrected chi connectivity index (χ0v) is 20.0. The normalized spacial score (nSPS) is 31.1. The first-order valence-electron chi connectivity index (χ1n) is 11.6. The molecule has 2 N–H and O–H groups in total. The molecule has 5 rings (SSSR count). The van der Waals surface area contributed by atoms with Crippen LogP contribution in [-0.2, 0) is 15.1 Å². The number of nitrogens with one attached hydrogen (secondary N) is 2. The van der Waals surface area contributed by atoms with Crippen LogP contribution in [0.3, 0.4) is 0 Å². The molecule has 1 aromatic rings. The Morgan fingerprint density at radius 3 is 2.41 bits per heavy atom. The van der Waals surface area contributed by atoms with Crippen molar-refractivity contribution in [3.8, 4) is 0 Å². The quantitative estimate of drug-likeness (QED) is 0.392. The molecule has 4 fully saturated rings. The Hall–Kier alpha value is -1.59. The van der Waals surface area contributed by atoms with Gasteiger partial charge in [-0.25, -0.2) is 4.39 Å². The summed E-state index contributed by atoms with van der Waals surface area (Å²) in [7, 11) is 0. The van der Waals surface area contributed by atoms with Crippen molar-refractivity contribution in [3.63, 3.8) is 0 Å². The third-order valence-corrected chi connectivity index (χ3v) is 9.01. The van der Waals surface area contributed by atoms with Gasteiger partial charge >= 0.3 is 0 Å². The average molecular weight is 481 g/mol. The molecule has 0 aromatic heterocycles. The van der Waals surface area contributed by atoms with E-state index in [2.05, 4.69) is 17.2 Å². The summed E-state index contributed by atoms with van der Waals surface area (Å²) >= 11 is 12.9. The highest BCUT2D eigenvalue weighted by Gasteiger charge is 2.57. The van der Waals surface area contributed by atoms with Crippen LogP contribution in [0.15, 0.2) is 24.8 Å². The molecule has 3 atom stereocenters. The second-order valence-corrected chi connectivity index (χ2v) is 10.7. The van der Waals surface area contributed by atoms with Gasteiger partial charge in [-0.3, -0.25) is 9.59 Å². The van der Waals surface area contributed by atoms with Crippen molar-refractivity contribution in [1.82, 2.24) is 10.6 Å². The second kappa shape index (κ2) is 8.98. The zero-order chi connectivity index (χ0) is 23.1. The predicted octanol–water partition coefficient (Wildman–Crippen LogP) is 5.91. The zero-order valence-electron chi connectivity index (χ0n) is 18.5. The molecule has 1 unspecified atom stereocenters. The number of carbonyl (C=O) groups excluding carboxylic acids is 2. The summed E-state index contributed by atoms with van der Waals surface area (Å²) in [5.41, 5.74) is -1.27. The number of rotatable bonds is 6. The minimum atomic E-state index is -1.15. The molecular formula is C25H31Cl2FN2O2. The van der Waals surface area contributed by atoms with Crippen LogP contribution in [0.1, 0.15) is 70.3 Å². The molecule has 0 heterocycles. The van der Waals surface area contributed by atoms with Gasteiger partial charge in [-0.1, -0.05) is 29.3 Å². The Bertz CT molecular complexity index is 915. The van der Waals surface area contributed by atoms with Crippen molar-refractivity contribution >= 4 is 35.0 Å². The van der Waals surface area contributed by atoms with E-state index < -0.39 is 11.4 Å². The molecule has 174 valence electrons. The minimum absolute atomic E-state index is 0.0174. The highest BCUT2D eigenvalue weighted by molar-refractivity contribution is 6.42. The van der Waals surface area contributed by atoms with Crippen LogP contribution in [0.4, 0.5) is 4.39 Å². The van der Waals surface area contributed by atoms with E-state index in [1.807, 2.05) is 0 Å². The standard InChI is InChI=1S/C25H31Cl2FN2O2/c1-3-25(21-20(28)7-6-19(26)22(21)27,24-11-8-16(9-12-24)10-13-24)30-23(32)17-4-5-18(14-17)29-15(2)31/h3,6-7,16-18H,1,4-5,8-14H2,2H3,(H,29,31)(H,30,32)/t16?,17-,18?,24?,25-/m1/s1. The van der Waals surface area contributed by atoms with Crippen LogP contribution >= 0.6 is 23.2 Å². The number of amides is 2. The second-order valence-electron chi connectivity index (χ2n) is 9.89. The van der Waals surface area contributed by atoms with E-state index in [-0.39, 0.29) is 44.8 Å². The summed E-state index contributed by atoms with van der Waals surface area (Å²) < 4.78 is 15.4. The molecular weight excluding hydrogens is 450 g/mol. The fourth-order valence-electron chi connectivity index (χ4n) is 6.49. The Morgan fingerprint density at radius 1 is 1.16 bits per heavy atom. The number of hydrogen-bond donors (Lipinski definition) is 2. The highest BCUT2D eigenvalue weighted by Crippen LogP contribution is 2.61. The number of hydrogen-bond acceptors (Lipinski definition) is 2. The number of benzene rings is 1. The first-order chi connectivity index (χ1) is 15.2. The summed E-state index contributed by atoms with van der Waals surface area (Å²) in [6.07, 6.45) is 9.49. The van der Waals surface area contributed by atoms with Crippen molar-refractivity contribution in [1.29, 1.82) is 0 Å². The molecule has 1 aromatic carbocycles. The SMILES string of the molecule is C=C[C@@](NC(=O)[C@@H]1CCC(NC(C)=O)C1)(c1c(F)ccc(Cl)c1Cl)C12CCC(CC1)CC2. The molecule has 2 amide bonds. The lowest BCUT2D eigenvalue weighted by atomic mass is 9.51. The lowest BCUT2D eigenvalue weighted by Crippen LogP contribution is -2.60. The number of halogens is 3. The third-order valence-electron chi connectivity index (χ3n) is 8.21. The monoisotopic (exact) mass is 480 g/mol. The van der Waals surface area contributed by atoms with Crippen LogP contribution in [0.2, 0.25) is 10.0 Å². The molecule has 0 radical (unpaired) electrons. The lowest BCUT2D eigenvalue weighted by Gasteiger charge is -2.57. The number of fused-ring (bicyclic) bond motifs is 3. The first-order valence-corrected chi connectivity index (χ1v) is 12.3. The Labute approximate surface area is 199 Å². The van der Waals surface area contributed by atoms with Gasteiger partial charge in [0.2, 0.25) is 11.8 Å². The van der Waals surface area contributed by atoms with E-state index in [0.717, 1.165) is 44.9 Å². The maximum atomic E-state index is 15.4. The smallest absolute Gasteiger partial charge is 0.224 e. The fourth-order valence-corrected chi connectivity index (χ4v) is 6.95. The van der Waals surface area contributed by atoms with Crippen molar-refractivity contribution in [3.05, 3.63) is 46.2 Å². The van der Waals surface area contributed by atoms with E-state index in [9.17, 15) is 9.59 Å². The maximum absolute atomic E-state index is 15.4. The van der Waals surface area contributed by atoms with Crippen molar-refractivity contribution in [2.45, 2.75) is 76.3 Å². The van der Waals surface area contributed by atoms with E-state index in [1.54, 1.807) is 6.08 Å². The molecule has 4 nitrogen and oxygen atoms in total. The summed E-state index contributed by atoms with van der Waals surface area (Å²) in [5, 5.41) is 6.56. The molecule has 0 aliphatic heterocycles. The van der Waals surface area contributed by atoms with E-state index in [1.165, 1.54) is 19.1 Å². The van der Waals surface area contributed by atoms with Gasteiger partial charge in [0, 0.05) is 29.9 Å². The molecule has 4 aliphatic carbocycles. The number of carbonyl (C=O) groups is 2. The summed E-state index contributed by atoms with van der Waals surface area (Å²) in [5.74, 6) is -0.284. The van der Waals surface area contributed by atoms with Crippen LogP contribution in [-0.4, -0.2) is 17.9 Å². The molecule has 7 heteroatoms. The van der Waals surface area contributed by atoms with Crippen LogP contribution in [0, 0.1) is 23.1 Å². The summed E-state index contributed by atoms with van der Waals surface area (Å²) in [4.78, 5) is 25.0. The van der Waals surface area contributed by atoms with Crippen molar-refractivity contribution in [2.75, 3.05) is 0 Å². The van der Waals surface area contributed by atoms with E-state index in [0.29, 0.717) is 18.8 Å².